The van der Waals surface area contributed by atoms with Crippen molar-refractivity contribution >= 4 is 0 Å². The molecule has 0 heteroatoms. The zero-order chi connectivity index (χ0) is 8.81. The molecule has 0 aromatic rings. The standard InChI is InChI=1S/C12H16/c1-3-5-8-12-10-7-6-9-11(12)4-2/h3-7,9-12H,2,8H2,1H3. The highest BCUT2D eigenvalue weighted by atomic mass is 14.2. The van der Waals surface area contributed by atoms with Crippen molar-refractivity contribution in [2.75, 3.05) is 0 Å². The van der Waals surface area contributed by atoms with Gasteiger partial charge < -0.3 is 0 Å². The monoisotopic (exact) mass is 160 g/mol. The lowest BCUT2D eigenvalue weighted by Crippen LogP contribution is -2.08. The fourth-order valence-corrected chi connectivity index (χ4v) is 1.45. The van der Waals surface area contributed by atoms with Gasteiger partial charge >= 0.3 is 0 Å². The molecule has 1 aliphatic carbocycles. The van der Waals surface area contributed by atoms with Crippen molar-refractivity contribution < 1.29 is 0 Å². The summed E-state index contributed by atoms with van der Waals surface area (Å²) in [6.07, 6.45) is 16.1. The van der Waals surface area contributed by atoms with Crippen LogP contribution in [0.3, 0.4) is 0 Å². The molecule has 0 nitrogen and oxygen atoms in total. The number of hydrogen-bond donors (Lipinski definition) is 0. The van der Waals surface area contributed by atoms with E-state index >= 15 is 0 Å². The summed E-state index contributed by atoms with van der Waals surface area (Å²) in [6.45, 7) is 5.89. The van der Waals surface area contributed by atoms with E-state index in [1.54, 1.807) is 0 Å². The minimum Gasteiger partial charge on any atom is -0.102 e. The molecular formula is C12H16. The quantitative estimate of drug-likeness (QED) is 0.554. The van der Waals surface area contributed by atoms with Crippen molar-refractivity contribution in [3.8, 4) is 0 Å². The van der Waals surface area contributed by atoms with Gasteiger partial charge in [-0.15, -0.1) is 6.58 Å². The van der Waals surface area contributed by atoms with Gasteiger partial charge in [0.25, 0.3) is 0 Å². The first-order valence-electron chi connectivity index (χ1n) is 4.47. The highest BCUT2D eigenvalue weighted by molar-refractivity contribution is 5.18. The van der Waals surface area contributed by atoms with Crippen LogP contribution in [0.5, 0.6) is 0 Å². The summed E-state index contributed by atoms with van der Waals surface area (Å²) in [6, 6.07) is 0. The summed E-state index contributed by atoms with van der Waals surface area (Å²) in [7, 11) is 0. The van der Waals surface area contributed by atoms with Crippen LogP contribution in [0.1, 0.15) is 13.3 Å². The SMILES string of the molecule is C=CC1C=CC=CC1CC=CC. The molecule has 64 valence electrons. The van der Waals surface area contributed by atoms with Crippen LogP contribution in [0, 0.1) is 11.8 Å². The summed E-state index contributed by atoms with van der Waals surface area (Å²) in [5.74, 6) is 1.13. The Morgan fingerprint density at radius 3 is 2.75 bits per heavy atom. The summed E-state index contributed by atoms with van der Waals surface area (Å²) < 4.78 is 0. The Morgan fingerprint density at radius 1 is 1.33 bits per heavy atom. The van der Waals surface area contributed by atoms with E-state index in [0.717, 1.165) is 6.42 Å². The summed E-state index contributed by atoms with van der Waals surface area (Å²) in [4.78, 5) is 0. The molecule has 0 spiro atoms. The van der Waals surface area contributed by atoms with Crippen molar-refractivity contribution in [3.05, 3.63) is 49.1 Å². The smallest absolute Gasteiger partial charge is 0.00129 e. The zero-order valence-corrected chi connectivity index (χ0v) is 7.61. The van der Waals surface area contributed by atoms with Gasteiger partial charge in [0, 0.05) is 5.92 Å². The third-order valence-corrected chi connectivity index (χ3v) is 2.21. The molecule has 2 unspecified atom stereocenters. The number of rotatable bonds is 3. The average Bonchev–Trinajstić information content (AvgIpc) is 2.15. The fraction of sp³-hybridized carbons (Fsp3) is 0.333. The predicted octanol–water partition coefficient (Wildman–Crippen LogP) is 3.50. The lowest BCUT2D eigenvalue weighted by Gasteiger charge is -2.19. The Bertz CT molecular complexity index is 218. The van der Waals surface area contributed by atoms with E-state index in [1.807, 2.05) is 6.08 Å². The molecule has 1 rings (SSSR count). The van der Waals surface area contributed by atoms with E-state index in [4.69, 9.17) is 0 Å². The van der Waals surface area contributed by atoms with Gasteiger partial charge in [0.15, 0.2) is 0 Å². The maximum absolute atomic E-state index is 3.83. The van der Waals surface area contributed by atoms with Crippen molar-refractivity contribution in [2.45, 2.75) is 13.3 Å². The minimum atomic E-state index is 0.520. The molecule has 0 heterocycles. The Kier molecular flexibility index (Phi) is 3.59. The highest BCUT2D eigenvalue weighted by Crippen LogP contribution is 2.23. The second-order valence-corrected chi connectivity index (χ2v) is 3.05. The van der Waals surface area contributed by atoms with E-state index < -0.39 is 0 Å². The van der Waals surface area contributed by atoms with Gasteiger partial charge in [-0.05, 0) is 19.3 Å². The molecule has 0 aromatic heterocycles. The molecule has 0 aromatic carbocycles. The van der Waals surface area contributed by atoms with Crippen LogP contribution in [0.2, 0.25) is 0 Å². The van der Waals surface area contributed by atoms with E-state index in [-0.39, 0.29) is 0 Å². The minimum absolute atomic E-state index is 0.520. The van der Waals surface area contributed by atoms with Crippen LogP contribution in [0.15, 0.2) is 49.1 Å². The zero-order valence-electron chi connectivity index (χ0n) is 7.61. The molecule has 0 bridgehead atoms. The number of hydrogen-bond acceptors (Lipinski definition) is 0. The highest BCUT2D eigenvalue weighted by Gasteiger charge is 2.13. The molecule has 0 saturated heterocycles. The van der Waals surface area contributed by atoms with Crippen LogP contribution in [0.25, 0.3) is 0 Å². The van der Waals surface area contributed by atoms with Crippen LogP contribution in [-0.4, -0.2) is 0 Å². The summed E-state index contributed by atoms with van der Waals surface area (Å²) >= 11 is 0. The van der Waals surface area contributed by atoms with Gasteiger partial charge in [0.05, 0.1) is 0 Å². The first-order chi connectivity index (χ1) is 5.88. The second kappa shape index (κ2) is 4.76. The van der Waals surface area contributed by atoms with Crippen molar-refractivity contribution in [2.24, 2.45) is 11.8 Å². The van der Waals surface area contributed by atoms with Crippen LogP contribution in [0.4, 0.5) is 0 Å². The topological polar surface area (TPSA) is 0 Å². The number of allylic oxidation sites excluding steroid dienone is 7. The van der Waals surface area contributed by atoms with Crippen LogP contribution >= 0.6 is 0 Å². The molecule has 0 N–H and O–H groups in total. The molecule has 12 heavy (non-hydrogen) atoms. The molecule has 1 aliphatic rings. The van der Waals surface area contributed by atoms with Crippen LogP contribution in [-0.2, 0) is 0 Å². The van der Waals surface area contributed by atoms with E-state index in [9.17, 15) is 0 Å². The van der Waals surface area contributed by atoms with Gasteiger partial charge in [0.1, 0.15) is 0 Å². The molecule has 2 atom stereocenters. The van der Waals surface area contributed by atoms with Crippen LogP contribution < -0.4 is 0 Å². The maximum atomic E-state index is 3.83. The van der Waals surface area contributed by atoms with Gasteiger partial charge in [-0.3, -0.25) is 0 Å². The lowest BCUT2D eigenvalue weighted by molar-refractivity contribution is 0.559. The van der Waals surface area contributed by atoms with Gasteiger partial charge in [-0.1, -0.05) is 42.5 Å². The Hall–Kier alpha value is -1.04. The van der Waals surface area contributed by atoms with Gasteiger partial charge in [0.2, 0.25) is 0 Å². The molecule has 0 fully saturated rings. The lowest BCUT2D eigenvalue weighted by atomic mass is 9.86. The molecule has 0 saturated carbocycles. The van der Waals surface area contributed by atoms with Crippen molar-refractivity contribution in [3.63, 3.8) is 0 Å². The first-order valence-corrected chi connectivity index (χ1v) is 4.47. The third-order valence-electron chi connectivity index (χ3n) is 2.21. The summed E-state index contributed by atoms with van der Waals surface area (Å²) in [5, 5.41) is 0. The van der Waals surface area contributed by atoms with Crippen molar-refractivity contribution in [1.82, 2.24) is 0 Å². The van der Waals surface area contributed by atoms with Crippen molar-refractivity contribution in [1.29, 1.82) is 0 Å². The molecule has 0 radical (unpaired) electrons. The Morgan fingerprint density at radius 2 is 2.08 bits per heavy atom. The molecule has 0 aliphatic heterocycles. The average molecular weight is 160 g/mol. The Labute approximate surface area is 75.0 Å². The van der Waals surface area contributed by atoms with E-state index in [1.165, 1.54) is 0 Å². The molecular weight excluding hydrogens is 144 g/mol. The van der Waals surface area contributed by atoms with Gasteiger partial charge in [-0.25, -0.2) is 0 Å². The second-order valence-electron chi connectivity index (χ2n) is 3.05. The maximum Gasteiger partial charge on any atom is 0.00129 e. The molecule has 0 amide bonds. The Balaban J connectivity index is 2.56. The first kappa shape index (κ1) is 9.05. The fourth-order valence-electron chi connectivity index (χ4n) is 1.45. The van der Waals surface area contributed by atoms with E-state index in [2.05, 4.69) is 50.0 Å². The predicted molar refractivity (Wildman–Crippen MR) is 54.9 cm³/mol. The summed E-state index contributed by atoms with van der Waals surface area (Å²) in [5.41, 5.74) is 0. The third kappa shape index (κ3) is 2.23. The van der Waals surface area contributed by atoms with Gasteiger partial charge in [-0.2, -0.15) is 0 Å². The normalized spacial score (nSPS) is 28.1. The van der Waals surface area contributed by atoms with E-state index in [0.29, 0.717) is 11.8 Å². The largest absolute Gasteiger partial charge is 0.102 e.